The molecule has 0 unspecified atom stereocenters. The molecule has 0 fully saturated rings. The van der Waals surface area contributed by atoms with E-state index in [0.29, 0.717) is 12.1 Å². The van der Waals surface area contributed by atoms with Gasteiger partial charge in [0.25, 0.3) is 0 Å². The van der Waals surface area contributed by atoms with Crippen molar-refractivity contribution in [3.63, 3.8) is 0 Å². The highest BCUT2D eigenvalue weighted by atomic mass is 19.1. The first-order chi connectivity index (χ1) is 12.5. The Hall–Kier alpha value is -2.88. The predicted octanol–water partition coefficient (Wildman–Crippen LogP) is 4.72. The molecule has 3 aromatic carbocycles. The van der Waals surface area contributed by atoms with E-state index < -0.39 is 0 Å². The summed E-state index contributed by atoms with van der Waals surface area (Å²) >= 11 is 0. The van der Waals surface area contributed by atoms with Crippen molar-refractivity contribution in [2.45, 2.75) is 26.3 Å². The molecule has 0 spiro atoms. The van der Waals surface area contributed by atoms with Crippen LogP contribution >= 0.6 is 0 Å². The van der Waals surface area contributed by atoms with E-state index in [4.69, 9.17) is 4.74 Å². The van der Waals surface area contributed by atoms with Crippen LogP contribution in [-0.2, 0) is 11.3 Å². The van der Waals surface area contributed by atoms with Gasteiger partial charge in [-0.2, -0.15) is 0 Å². The molecule has 0 saturated heterocycles. The number of rotatable bonds is 5. The second kappa shape index (κ2) is 7.56. The van der Waals surface area contributed by atoms with Gasteiger partial charge in [0, 0.05) is 6.54 Å². The summed E-state index contributed by atoms with van der Waals surface area (Å²) in [6, 6.07) is 16.8. The van der Waals surface area contributed by atoms with Crippen molar-refractivity contribution in [1.29, 1.82) is 0 Å². The molecule has 0 heterocycles. The lowest BCUT2D eigenvalue weighted by Gasteiger charge is -2.14. The SMILES string of the molecule is COc1ccc2cc([C@H](C)C(=O)NCc3ccc(C)c(F)c3)ccc2c1. The molecule has 0 aliphatic heterocycles. The smallest absolute Gasteiger partial charge is 0.227 e. The fraction of sp³-hybridized carbons (Fsp3) is 0.227. The van der Waals surface area contributed by atoms with E-state index in [1.807, 2.05) is 49.4 Å². The van der Waals surface area contributed by atoms with Crippen LogP contribution in [0.2, 0.25) is 0 Å². The lowest BCUT2D eigenvalue weighted by molar-refractivity contribution is -0.122. The van der Waals surface area contributed by atoms with Gasteiger partial charge in [-0.3, -0.25) is 4.79 Å². The second-order valence-corrected chi connectivity index (χ2v) is 6.50. The third-order valence-electron chi connectivity index (χ3n) is 4.67. The summed E-state index contributed by atoms with van der Waals surface area (Å²) < 4.78 is 18.8. The van der Waals surface area contributed by atoms with Crippen molar-refractivity contribution in [3.05, 3.63) is 77.1 Å². The molecule has 0 saturated carbocycles. The monoisotopic (exact) mass is 351 g/mol. The van der Waals surface area contributed by atoms with E-state index in [9.17, 15) is 9.18 Å². The molecule has 0 aliphatic rings. The maximum Gasteiger partial charge on any atom is 0.227 e. The number of ether oxygens (including phenoxy) is 1. The number of carbonyl (C=O) groups is 1. The van der Waals surface area contributed by atoms with Crippen molar-refractivity contribution >= 4 is 16.7 Å². The third-order valence-corrected chi connectivity index (χ3v) is 4.67. The fourth-order valence-corrected chi connectivity index (χ4v) is 2.88. The van der Waals surface area contributed by atoms with Gasteiger partial charge in [0.15, 0.2) is 0 Å². The second-order valence-electron chi connectivity index (χ2n) is 6.50. The zero-order chi connectivity index (χ0) is 18.7. The van der Waals surface area contributed by atoms with Gasteiger partial charge in [0.1, 0.15) is 11.6 Å². The first-order valence-corrected chi connectivity index (χ1v) is 8.58. The Labute approximate surface area is 152 Å². The van der Waals surface area contributed by atoms with Crippen molar-refractivity contribution in [2.75, 3.05) is 7.11 Å². The number of carbonyl (C=O) groups excluding carboxylic acids is 1. The summed E-state index contributed by atoms with van der Waals surface area (Å²) in [4.78, 5) is 12.5. The minimum absolute atomic E-state index is 0.0844. The molecule has 1 atom stereocenters. The Bertz CT molecular complexity index is 952. The summed E-state index contributed by atoms with van der Waals surface area (Å²) in [5.74, 6) is 0.173. The number of hydrogen-bond acceptors (Lipinski definition) is 2. The van der Waals surface area contributed by atoms with Gasteiger partial charge < -0.3 is 10.1 Å². The lowest BCUT2D eigenvalue weighted by Crippen LogP contribution is -2.27. The van der Waals surface area contributed by atoms with Crippen LogP contribution in [0.3, 0.4) is 0 Å². The fourth-order valence-electron chi connectivity index (χ4n) is 2.88. The maximum absolute atomic E-state index is 13.6. The largest absolute Gasteiger partial charge is 0.497 e. The molecule has 0 aliphatic carbocycles. The van der Waals surface area contributed by atoms with Gasteiger partial charge in [-0.05, 0) is 59.5 Å². The number of benzene rings is 3. The van der Waals surface area contributed by atoms with Gasteiger partial charge in [-0.25, -0.2) is 4.39 Å². The van der Waals surface area contributed by atoms with Gasteiger partial charge >= 0.3 is 0 Å². The van der Waals surface area contributed by atoms with Crippen molar-refractivity contribution in [3.8, 4) is 5.75 Å². The summed E-state index contributed by atoms with van der Waals surface area (Å²) in [5.41, 5.74) is 2.29. The molecule has 0 radical (unpaired) electrons. The molecule has 134 valence electrons. The average Bonchev–Trinajstić information content (AvgIpc) is 2.67. The number of nitrogens with one attached hydrogen (secondary N) is 1. The molecule has 26 heavy (non-hydrogen) atoms. The van der Waals surface area contributed by atoms with Gasteiger partial charge in [-0.1, -0.05) is 36.4 Å². The topological polar surface area (TPSA) is 38.3 Å². The van der Waals surface area contributed by atoms with Crippen LogP contribution in [0.1, 0.15) is 29.5 Å². The molecule has 3 aromatic rings. The van der Waals surface area contributed by atoms with Crippen molar-refractivity contribution < 1.29 is 13.9 Å². The normalized spacial score (nSPS) is 12.0. The molecule has 3 nitrogen and oxygen atoms in total. The van der Waals surface area contributed by atoms with E-state index in [1.165, 1.54) is 6.07 Å². The Kier molecular flexibility index (Phi) is 5.21. The molecule has 4 heteroatoms. The standard InChI is InChI=1S/C22H22FNO2/c1-14-4-5-16(10-21(14)23)13-24-22(25)15(2)17-6-7-19-12-20(26-3)9-8-18(19)11-17/h4-12,15H,13H2,1-3H3,(H,24,25)/t15-/m0/s1. The van der Waals surface area contributed by atoms with Crippen LogP contribution in [-0.4, -0.2) is 13.0 Å². The summed E-state index contributed by atoms with van der Waals surface area (Å²) in [5, 5.41) is 5.01. The highest BCUT2D eigenvalue weighted by molar-refractivity contribution is 5.88. The molecule has 1 N–H and O–H groups in total. The van der Waals surface area contributed by atoms with Crippen LogP contribution in [0.4, 0.5) is 4.39 Å². The molecule has 0 bridgehead atoms. The highest BCUT2D eigenvalue weighted by Crippen LogP contribution is 2.25. The number of hydrogen-bond donors (Lipinski definition) is 1. The van der Waals surface area contributed by atoms with Crippen molar-refractivity contribution in [1.82, 2.24) is 5.32 Å². The molecular formula is C22H22FNO2. The molecular weight excluding hydrogens is 329 g/mol. The van der Waals surface area contributed by atoms with E-state index in [1.54, 1.807) is 20.1 Å². The Morgan fingerprint density at radius 2 is 1.81 bits per heavy atom. The minimum Gasteiger partial charge on any atom is -0.497 e. The Balaban J connectivity index is 1.71. The number of aryl methyl sites for hydroxylation is 1. The number of methoxy groups -OCH3 is 1. The van der Waals surface area contributed by atoms with Crippen LogP contribution in [0.5, 0.6) is 5.75 Å². The maximum atomic E-state index is 13.6. The lowest BCUT2D eigenvalue weighted by atomic mass is 9.97. The molecule has 0 aromatic heterocycles. The number of halogens is 1. The first kappa shape index (κ1) is 17.9. The number of amides is 1. The third kappa shape index (κ3) is 3.85. The van der Waals surface area contributed by atoms with Gasteiger partial charge in [-0.15, -0.1) is 0 Å². The van der Waals surface area contributed by atoms with Crippen LogP contribution in [0, 0.1) is 12.7 Å². The minimum atomic E-state index is -0.295. The van der Waals surface area contributed by atoms with E-state index in [2.05, 4.69) is 5.32 Å². The Morgan fingerprint density at radius 1 is 1.08 bits per heavy atom. The summed E-state index contributed by atoms with van der Waals surface area (Å²) in [7, 11) is 1.64. The molecule has 1 amide bonds. The van der Waals surface area contributed by atoms with E-state index in [0.717, 1.165) is 27.6 Å². The van der Waals surface area contributed by atoms with Crippen molar-refractivity contribution in [2.24, 2.45) is 0 Å². The Morgan fingerprint density at radius 3 is 2.54 bits per heavy atom. The van der Waals surface area contributed by atoms with Gasteiger partial charge in [0.05, 0.1) is 13.0 Å². The van der Waals surface area contributed by atoms with Crippen LogP contribution in [0.15, 0.2) is 54.6 Å². The van der Waals surface area contributed by atoms with E-state index in [-0.39, 0.29) is 17.6 Å². The van der Waals surface area contributed by atoms with Gasteiger partial charge in [0.2, 0.25) is 5.91 Å². The predicted molar refractivity (Wildman–Crippen MR) is 102 cm³/mol. The van der Waals surface area contributed by atoms with E-state index >= 15 is 0 Å². The van der Waals surface area contributed by atoms with Crippen LogP contribution in [0.25, 0.3) is 10.8 Å². The summed E-state index contributed by atoms with van der Waals surface area (Å²) in [6.07, 6.45) is 0. The zero-order valence-corrected chi connectivity index (χ0v) is 15.2. The quantitative estimate of drug-likeness (QED) is 0.722. The zero-order valence-electron chi connectivity index (χ0n) is 15.2. The average molecular weight is 351 g/mol. The highest BCUT2D eigenvalue weighted by Gasteiger charge is 2.15. The first-order valence-electron chi connectivity index (χ1n) is 8.58. The summed E-state index contributed by atoms with van der Waals surface area (Å²) in [6.45, 7) is 3.90. The molecule has 3 rings (SSSR count). The van der Waals surface area contributed by atoms with Crippen LogP contribution < -0.4 is 10.1 Å². The number of fused-ring (bicyclic) bond motifs is 1.